The quantitative estimate of drug-likeness (QED) is 0.254. The number of carbonyl (C=O) groups is 2. The van der Waals surface area contributed by atoms with Gasteiger partial charge < -0.3 is 15.6 Å². The second kappa shape index (κ2) is 13.1. The van der Waals surface area contributed by atoms with Gasteiger partial charge in [-0.05, 0) is 50.3 Å². The predicted molar refractivity (Wildman–Crippen MR) is 145 cm³/mol. The maximum Gasteiger partial charge on any atom is 0.244 e. The second-order valence-electron chi connectivity index (χ2n) is 9.77. The van der Waals surface area contributed by atoms with Crippen molar-refractivity contribution in [3.05, 3.63) is 54.4 Å². The van der Waals surface area contributed by atoms with Gasteiger partial charge in [-0.25, -0.2) is 4.98 Å². The number of unbranched alkanes of at least 4 members (excludes halogenated alkanes) is 1. The molecule has 6 nitrogen and oxygen atoms in total. The summed E-state index contributed by atoms with van der Waals surface area (Å²) in [6, 6.07) is 5.92. The molecule has 0 saturated heterocycles. The first-order valence-electron chi connectivity index (χ1n) is 13.0. The maximum absolute atomic E-state index is 12.5. The number of hydrogen-bond acceptors (Lipinski definition) is 3. The molecule has 1 aromatic carbocycles. The Hall–Kier alpha value is -3.15. The zero-order valence-electron chi connectivity index (χ0n) is 21.6. The zero-order valence-corrected chi connectivity index (χ0v) is 21.6. The third-order valence-corrected chi connectivity index (χ3v) is 6.62. The Morgan fingerprint density at radius 1 is 1.20 bits per heavy atom. The number of aromatic nitrogens is 2. The van der Waals surface area contributed by atoms with Crippen molar-refractivity contribution in [1.82, 2.24) is 15.3 Å². The molecule has 3 N–H and O–H groups in total. The molecule has 0 aliphatic heterocycles. The van der Waals surface area contributed by atoms with Crippen LogP contribution >= 0.6 is 0 Å². The van der Waals surface area contributed by atoms with Gasteiger partial charge in [0.15, 0.2) is 0 Å². The van der Waals surface area contributed by atoms with E-state index in [4.69, 9.17) is 4.98 Å². The molecular formula is C29H40N4O2. The van der Waals surface area contributed by atoms with Crippen LogP contribution in [-0.2, 0) is 9.59 Å². The molecule has 2 aromatic rings. The fourth-order valence-corrected chi connectivity index (χ4v) is 4.52. The molecule has 1 atom stereocenters. The van der Waals surface area contributed by atoms with E-state index in [0.717, 1.165) is 67.2 Å². The van der Waals surface area contributed by atoms with Gasteiger partial charge in [0.1, 0.15) is 5.82 Å². The summed E-state index contributed by atoms with van der Waals surface area (Å²) in [6.07, 6.45) is 16.6. The van der Waals surface area contributed by atoms with E-state index < -0.39 is 0 Å². The highest BCUT2D eigenvalue weighted by atomic mass is 16.2. The first-order chi connectivity index (χ1) is 16.9. The van der Waals surface area contributed by atoms with E-state index in [-0.39, 0.29) is 23.8 Å². The lowest BCUT2D eigenvalue weighted by Gasteiger charge is -2.21. The number of rotatable bonds is 11. The van der Waals surface area contributed by atoms with Crippen molar-refractivity contribution < 1.29 is 9.59 Å². The van der Waals surface area contributed by atoms with Crippen LogP contribution in [0.2, 0.25) is 0 Å². The summed E-state index contributed by atoms with van der Waals surface area (Å²) < 4.78 is 0. The Kier molecular flexibility index (Phi) is 9.88. The van der Waals surface area contributed by atoms with E-state index in [0.29, 0.717) is 11.7 Å². The molecule has 1 heterocycles. The molecule has 1 unspecified atom stereocenters. The van der Waals surface area contributed by atoms with Gasteiger partial charge in [-0.2, -0.15) is 0 Å². The van der Waals surface area contributed by atoms with Gasteiger partial charge in [-0.15, -0.1) is 0 Å². The minimum Gasteiger partial charge on any atom is -0.350 e. The number of allylic oxidation sites excluding steroid dienone is 5. The van der Waals surface area contributed by atoms with Crippen molar-refractivity contribution in [2.45, 2.75) is 78.7 Å². The molecule has 188 valence electrons. The molecule has 1 saturated carbocycles. The SMILES string of the molecule is C\C=C/C(=C\C=C\C(=O)NC(CCCC)C(C)C)c1nc2ccc(NC(=O)C3CCCC3)cc2[nH]1. The average molecular weight is 477 g/mol. The van der Waals surface area contributed by atoms with E-state index in [1.807, 2.05) is 43.4 Å². The number of amides is 2. The molecular weight excluding hydrogens is 436 g/mol. The normalized spacial score (nSPS) is 16.1. The highest BCUT2D eigenvalue weighted by Gasteiger charge is 2.22. The van der Waals surface area contributed by atoms with Crippen LogP contribution in [0.1, 0.15) is 78.5 Å². The van der Waals surface area contributed by atoms with Crippen LogP contribution < -0.4 is 10.6 Å². The van der Waals surface area contributed by atoms with Crippen LogP contribution in [0.3, 0.4) is 0 Å². The molecule has 1 aliphatic rings. The van der Waals surface area contributed by atoms with Gasteiger partial charge >= 0.3 is 0 Å². The van der Waals surface area contributed by atoms with Gasteiger partial charge in [-0.1, -0.05) is 70.8 Å². The summed E-state index contributed by atoms with van der Waals surface area (Å²) in [6.45, 7) is 8.39. The molecule has 1 aromatic heterocycles. The predicted octanol–water partition coefficient (Wildman–Crippen LogP) is 6.54. The van der Waals surface area contributed by atoms with Crippen LogP contribution in [0.5, 0.6) is 0 Å². The Bertz CT molecular complexity index is 1090. The number of aromatic amines is 1. The number of H-pyrrole nitrogens is 1. The number of nitrogens with zero attached hydrogens (tertiary/aromatic N) is 1. The molecule has 0 bridgehead atoms. The summed E-state index contributed by atoms with van der Waals surface area (Å²) in [7, 11) is 0. The first-order valence-corrected chi connectivity index (χ1v) is 13.0. The van der Waals surface area contributed by atoms with Gasteiger partial charge in [0.25, 0.3) is 0 Å². The van der Waals surface area contributed by atoms with Gasteiger partial charge in [-0.3, -0.25) is 9.59 Å². The molecule has 2 amide bonds. The molecule has 3 rings (SSSR count). The summed E-state index contributed by atoms with van der Waals surface area (Å²) in [5.41, 5.74) is 3.33. The standard InChI is InChI=1S/C29H40N4O2/c1-5-7-15-24(20(3)4)31-27(34)16-10-14-21(11-6-2)28-32-25-18-17-23(19-26(25)33-28)30-29(35)22-12-8-9-13-22/h6,10-11,14,16-20,22,24H,5,7-9,12-13,15H2,1-4H3,(H,30,35)(H,31,34)(H,32,33)/b11-6-,16-10+,21-14+. The largest absolute Gasteiger partial charge is 0.350 e. The highest BCUT2D eigenvalue weighted by Crippen LogP contribution is 2.27. The molecule has 1 aliphatic carbocycles. The van der Waals surface area contributed by atoms with E-state index in [9.17, 15) is 9.59 Å². The molecule has 1 fully saturated rings. The number of nitrogens with one attached hydrogen (secondary N) is 3. The van der Waals surface area contributed by atoms with Crippen LogP contribution in [0.25, 0.3) is 16.6 Å². The van der Waals surface area contributed by atoms with E-state index in [1.165, 1.54) is 0 Å². The van der Waals surface area contributed by atoms with Crippen molar-refractivity contribution in [2.24, 2.45) is 11.8 Å². The molecule has 6 heteroatoms. The van der Waals surface area contributed by atoms with Crippen LogP contribution in [-0.4, -0.2) is 27.8 Å². The van der Waals surface area contributed by atoms with E-state index in [2.05, 4.69) is 36.4 Å². The third kappa shape index (κ3) is 7.67. The lowest BCUT2D eigenvalue weighted by molar-refractivity contribution is -0.119. The fraction of sp³-hybridized carbons (Fsp3) is 0.483. The summed E-state index contributed by atoms with van der Waals surface area (Å²) in [5.74, 6) is 1.26. The third-order valence-electron chi connectivity index (χ3n) is 6.62. The topological polar surface area (TPSA) is 86.9 Å². The number of carbonyl (C=O) groups excluding carboxylic acids is 2. The Labute approximate surface area is 209 Å². The number of imidazole rings is 1. The summed E-state index contributed by atoms with van der Waals surface area (Å²) >= 11 is 0. The lowest BCUT2D eigenvalue weighted by Crippen LogP contribution is -2.37. The second-order valence-corrected chi connectivity index (χ2v) is 9.77. The van der Waals surface area contributed by atoms with Crippen molar-refractivity contribution in [3.63, 3.8) is 0 Å². The Balaban J connectivity index is 1.71. The molecule has 0 radical (unpaired) electrons. The van der Waals surface area contributed by atoms with E-state index >= 15 is 0 Å². The van der Waals surface area contributed by atoms with E-state index in [1.54, 1.807) is 12.2 Å². The Morgan fingerprint density at radius 2 is 1.97 bits per heavy atom. The number of hydrogen-bond donors (Lipinski definition) is 3. The molecule has 35 heavy (non-hydrogen) atoms. The van der Waals surface area contributed by atoms with Gasteiger partial charge in [0.05, 0.1) is 11.0 Å². The van der Waals surface area contributed by atoms with Crippen LogP contribution in [0, 0.1) is 11.8 Å². The van der Waals surface area contributed by atoms with Crippen molar-refractivity contribution in [3.8, 4) is 0 Å². The minimum atomic E-state index is -0.0804. The summed E-state index contributed by atoms with van der Waals surface area (Å²) in [5, 5.41) is 6.18. The van der Waals surface area contributed by atoms with Crippen LogP contribution in [0.4, 0.5) is 5.69 Å². The minimum absolute atomic E-state index is 0.0804. The van der Waals surface area contributed by atoms with Crippen molar-refractivity contribution in [1.29, 1.82) is 0 Å². The zero-order chi connectivity index (χ0) is 25.2. The first kappa shape index (κ1) is 26.5. The number of benzene rings is 1. The fourth-order valence-electron chi connectivity index (χ4n) is 4.52. The smallest absolute Gasteiger partial charge is 0.244 e. The highest BCUT2D eigenvalue weighted by molar-refractivity contribution is 5.95. The maximum atomic E-state index is 12.5. The average Bonchev–Trinajstić information content (AvgIpc) is 3.51. The summed E-state index contributed by atoms with van der Waals surface area (Å²) in [4.78, 5) is 33.0. The molecule has 0 spiro atoms. The number of fused-ring (bicyclic) bond motifs is 1. The monoisotopic (exact) mass is 476 g/mol. The van der Waals surface area contributed by atoms with Crippen LogP contribution in [0.15, 0.2) is 48.6 Å². The van der Waals surface area contributed by atoms with Crippen molar-refractivity contribution in [2.75, 3.05) is 5.32 Å². The van der Waals surface area contributed by atoms with Gasteiger partial charge in [0, 0.05) is 29.3 Å². The van der Waals surface area contributed by atoms with Crippen molar-refractivity contribution >= 4 is 34.1 Å². The van der Waals surface area contributed by atoms with Gasteiger partial charge in [0.2, 0.25) is 11.8 Å². The number of anilines is 1. The lowest BCUT2D eigenvalue weighted by atomic mass is 9.98. The Morgan fingerprint density at radius 3 is 2.66 bits per heavy atom.